The van der Waals surface area contributed by atoms with E-state index in [9.17, 15) is 4.79 Å². The Labute approximate surface area is 160 Å². The van der Waals surface area contributed by atoms with Crippen LogP contribution >= 0.6 is 11.6 Å². The summed E-state index contributed by atoms with van der Waals surface area (Å²) >= 11 is 5.82. The van der Waals surface area contributed by atoms with Gasteiger partial charge in [-0.05, 0) is 43.3 Å². The summed E-state index contributed by atoms with van der Waals surface area (Å²) in [6.45, 7) is 1.44. The minimum absolute atomic E-state index is 0.0421. The van der Waals surface area contributed by atoms with Crippen molar-refractivity contribution in [2.45, 2.75) is 6.92 Å². The summed E-state index contributed by atoms with van der Waals surface area (Å²) in [6, 6.07) is 15.5. The molecule has 0 aliphatic rings. The molecule has 3 rings (SSSR count). The van der Waals surface area contributed by atoms with Crippen LogP contribution in [-0.4, -0.2) is 16.6 Å². The maximum Gasteiger partial charge on any atom is 0.260 e. The molecule has 0 atom stereocenters. The molecule has 1 aromatic heterocycles. The van der Waals surface area contributed by atoms with Gasteiger partial charge in [0.25, 0.3) is 5.91 Å². The zero-order valence-corrected chi connectivity index (χ0v) is 15.1. The van der Waals surface area contributed by atoms with E-state index >= 15 is 4.39 Å². The van der Waals surface area contributed by atoms with Gasteiger partial charge in [0.2, 0.25) is 0 Å². The van der Waals surface area contributed by atoms with Gasteiger partial charge in [-0.2, -0.15) is 0 Å². The van der Waals surface area contributed by atoms with Gasteiger partial charge in [0.15, 0.2) is 0 Å². The number of anilines is 3. The normalized spacial score (nSPS) is 10.3. The molecule has 5 nitrogen and oxygen atoms in total. The minimum Gasteiger partial charge on any atom is -0.340 e. The second-order valence-electron chi connectivity index (χ2n) is 5.79. The lowest BCUT2D eigenvalue weighted by atomic mass is 10.1. The standard InChI is InChI=1S/C20H16ClFN4O/c1-12(23)17-18(22)16(20(27)26-15-9-7-13(21)8-10-15)11-24-19(17)25-14-5-3-2-4-6-14/h2-11,23H,1H3,(H,24,25)(H,26,27). The van der Waals surface area contributed by atoms with Crippen LogP contribution in [0.5, 0.6) is 0 Å². The van der Waals surface area contributed by atoms with Gasteiger partial charge in [0, 0.05) is 28.3 Å². The lowest BCUT2D eigenvalue weighted by Gasteiger charge is -2.14. The van der Waals surface area contributed by atoms with Crippen molar-refractivity contribution in [2.75, 3.05) is 10.6 Å². The van der Waals surface area contributed by atoms with Crippen molar-refractivity contribution in [3.8, 4) is 0 Å². The zero-order chi connectivity index (χ0) is 19.4. The number of nitrogens with zero attached hydrogens (tertiary/aromatic N) is 1. The number of carbonyl (C=O) groups excluding carboxylic acids is 1. The molecule has 3 N–H and O–H groups in total. The number of rotatable bonds is 5. The van der Waals surface area contributed by atoms with Crippen LogP contribution in [0.4, 0.5) is 21.6 Å². The zero-order valence-electron chi connectivity index (χ0n) is 14.4. The fraction of sp³-hybridized carbons (Fsp3) is 0.0500. The number of para-hydroxylation sites is 1. The Bertz CT molecular complexity index is 991. The first-order chi connectivity index (χ1) is 13.0. The first-order valence-electron chi connectivity index (χ1n) is 8.08. The van der Waals surface area contributed by atoms with Gasteiger partial charge < -0.3 is 16.0 Å². The average Bonchev–Trinajstić information content (AvgIpc) is 2.64. The highest BCUT2D eigenvalue weighted by Gasteiger charge is 2.21. The predicted octanol–water partition coefficient (Wildman–Crippen LogP) is 5.26. The van der Waals surface area contributed by atoms with Gasteiger partial charge in [0.05, 0.1) is 11.1 Å². The summed E-state index contributed by atoms with van der Waals surface area (Å²) < 4.78 is 15.0. The molecule has 2 aromatic carbocycles. The number of halogens is 2. The Morgan fingerprint density at radius 2 is 1.74 bits per heavy atom. The summed E-state index contributed by atoms with van der Waals surface area (Å²) in [6.07, 6.45) is 1.15. The molecular weight excluding hydrogens is 367 g/mol. The van der Waals surface area contributed by atoms with E-state index in [1.807, 2.05) is 18.2 Å². The lowest BCUT2D eigenvalue weighted by molar-refractivity contribution is 0.102. The van der Waals surface area contributed by atoms with Crippen LogP contribution in [0.15, 0.2) is 60.8 Å². The van der Waals surface area contributed by atoms with E-state index in [1.165, 1.54) is 6.92 Å². The molecule has 0 unspecified atom stereocenters. The maximum absolute atomic E-state index is 15.0. The molecule has 3 aromatic rings. The molecule has 0 radical (unpaired) electrons. The van der Waals surface area contributed by atoms with Crippen LogP contribution in [0.1, 0.15) is 22.8 Å². The Kier molecular flexibility index (Phi) is 5.47. The van der Waals surface area contributed by atoms with Gasteiger partial charge in [-0.15, -0.1) is 0 Å². The van der Waals surface area contributed by atoms with Crippen molar-refractivity contribution < 1.29 is 9.18 Å². The number of nitrogens with one attached hydrogen (secondary N) is 3. The molecule has 27 heavy (non-hydrogen) atoms. The third-order valence-corrected chi connectivity index (χ3v) is 4.03. The van der Waals surface area contributed by atoms with Crippen LogP contribution in [0.25, 0.3) is 0 Å². The second kappa shape index (κ2) is 7.97. The molecule has 7 heteroatoms. The molecule has 0 spiro atoms. The summed E-state index contributed by atoms with van der Waals surface area (Å²) in [5, 5.41) is 14.0. The molecule has 0 saturated heterocycles. The predicted molar refractivity (Wildman–Crippen MR) is 106 cm³/mol. The highest BCUT2D eigenvalue weighted by molar-refractivity contribution is 6.30. The Hall–Kier alpha value is -3.25. The maximum atomic E-state index is 15.0. The van der Waals surface area contributed by atoms with Crippen LogP contribution < -0.4 is 10.6 Å². The fourth-order valence-electron chi connectivity index (χ4n) is 2.47. The largest absolute Gasteiger partial charge is 0.340 e. The molecule has 0 bridgehead atoms. The van der Waals surface area contributed by atoms with Gasteiger partial charge in [0.1, 0.15) is 11.6 Å². The molecule has 0 aliphatic carbocycles. The highest BCUT2D eigenvalue weighted by atomic mass is 35.5. The van der Waals surface area contributed by atoms with E-state index in [4.69, 9.17) is 17.0 Å². The number of hydrogen-bond donors (Lipinski definition) is 3. The van der Waals surface area contributed by atoms with Gasteiger partial charge >= 0.3 is 0 Å². The Balaban J connectivity index is 1.92. The van der Waals surface area contributed by atoms with E-state index < -0.39 is 11.7 Å². The fourth-order valence-corrected chi connectivity index (χ4v) is 2.60. The van der Waals surface area contributed by atoms with Crippen molar-refractivity contribution in [2.24, 2.45) is 0 Å². The SMILES string of the molecule is CC(=N)c1c(Nc2ccccc2)ncc(C(=O)Nc2ccc(Cl)cc2)c1F. The van der Waals surface area contributed by atoms with Crippen LogP contribution in [0, 0.1) is 11.2 Å². The van der Waals surface area contributed by atoms with Gasteiger partial charge in [-0.3, -0.25) is 4.79 Å². The van der Waals surface area contributed by atoms with Crippen molar-refractivity contribution in [3.63, 3.8) is 0 Å². The highest BCUT2D eigenvalue weighted by Crippen LogP contribution is 2.24. The van der Waals surface area contributed by atoms with Gasteiger partial charge in [-0.1, -0.05) is 29.8 Å². The summed E-state index contributed by atoms with van der Waals surface area (Å²) in [4.78, 5) is 16.6. The third kappa shape index (κ3) is 4.30. The number of pyridine rings is 1. The first kappa shape index (κ1) is 18.5. The first-order valence-corrected chi connectivity index (χ1v) is 8.46. The summed E-state index contributed by atoms with van der Waals surface area (Å²) in [5.74, 6) is -1.28. The molecule has 1 heterocycles. The van der Waals surface area contributed by atoms with Crippen LogP contribution in [0.3, 0.4) is 0 Å². The third-order valence-electron chi connectivity index (χ3n) is 3.77. The quantitative estimate of drug-likeness (QED) is 0.527. The molecule has 1 amide bonds. The van der Waals surface area contributed by atoms with E-state index in [-0.39, 0.29) is 22.7 Å². The average molecular weight is 383 g/mol. The van der Waals surface area contributed by atoms with E-state index in [2.05, 4.69) is 15.6 Å². The molecule has 0 aliphatic heterocycles. The molecule has 136 valence electrons. The number of benzene rings is 2. The number of amides is 1. The van der Waals surface area contributed by atoms with E-state index in [0.717, 1.165) is 6.20 Å². The summed E-state index contributed by atoms with van der Waals surface area (Å²) in [7, 11) is 0. The summed E-state index contributed by atoms with van der Waals surface area (Å²) in [5.41, 5.74) is 0.834. The smallest absolute Gasteiger partial charge is 0.260 e. The molecular formula is C20H16ClFN4O. The van der Waals surface area contributed by atoms with Crippen molar-refractivity contribution in [1.29, 1.82) is 5.41 Å². The monoisotopic (exact) mass is 382 g/mol. The topological polar surface area (TPSA) is 77.9 Å². The van der Waals surface area contributed by atoms with E-state index in [1.54, 1.807) is 36.4 Å². The number of carbonyl (C=O) groups is 1. The second-order valence-corrected chi connectivity index (χ2v) is 6.22. The van der Waals surface area contributed by atoms with E-state index in [0.29, 0.717) is 16.4 Å². The Morgan fingerprint density at radius 1 is 1.07 bits per heavy atom. The van der Waals surface area contributed by atoms with Crippen molar-refractivity contribution >= 4 is 40.4 Å². The van der Waals surface area contributed by atoms with Crippen molar-refractivity contribution in [3.05, 3.63) is 82.8 Å². The molecule has 0 fully saturated rings. The minimum atomic E-state index is -0.803. The van der Waals surface area contributed by atoms with Crippen LogP contribution in [-0.2, 0) is 0 Å². The lowest BCUT2D eigenvalue weighted by Crippen LogP contribution is -2.17. The number of hydrogen-bond acceptors (Lipinski definition) is 4. The van der Waals surface area contributed by atoms with Crippen molar-refractivity contribution in [1.82, 2.24) is 4.98 Å². The van der Waals surface area contributed by atoms with Gasteiger partial charge in [-0.25, -0.2) is 9.37 Å². The number of aromatic nitrogens is 1. The Morgan fingerprint density at radius 3 is 2.37 bits per heavy atom. The van der Waals surface area contributed by atoms with Crippen LogP contribution in [0.2, 0.25) is 5.02 Å². The molecule has 0 saturated carbocycles.